The molecule has 190 valence electrons. The fourth-order valence-electron chi connectivity index (χ4n) is 5.22. The van der Waals surface area contributed by atoms with Crippen LogP contribution in [-0.2, 0) is 9.53 Å². The largest absolute Gasteiger partial charge is 0.508 e. The zero-order chi connectivity index (χ0) is 25.8. The van der Waals surface area contributed by atoms with Crippen molar-refractivity contribution in [2.75, 3.05) is 37.7 Å². The van der Waals surface area contributed by atoms with E-state index in [0.717, 1.165) is 24.6 Å². The van der Waals surface area contributed by atoms with Gasteiger partial charge in [-0.2, -0.15) is 0 Å². The van der Waals surface area contributed by atoms with Crippen molar-refractivity contribution in [3.05, 3.63) is 75.5 Å². The second-order valence-electron chi connectivity index (χ2n) is 9.56. The molecule has 2 fully saturated rings. The molecule has 1 aliphatic carbocycles. The number of hydrogen-bond acceptors (Lipinski definition) is 7. The third-order valence-corrected chi connectivity index (χ3v) is 7.24. The minimum absolute atomic E-state index is 0.0563. The van der Waals surface area contributed by atoms with Crippen molar-refractivity contribution in [1.82, 2.24) is 9.47 Å². The van der Waals surface area contributed by atoms with Crippen molar-refractivity contribution in [2.45, 2.75) is 18.9 Å². The molecule has 2 aromatic carbocycles. The Balaban J connectivity index is 1.31. The van der Waals surface area contributed by atoms with Crippen LogP contribution in [0.25, 0.3) is 16.5 Å². The molecule has 1 saturated carbocycles. The number of hydrogen-bond donors (Lipinski definition) is 2. The summed E-state index contributed by atoms with van der Waals surface area (Å²) >= 11 is 0. The number of halogens is 1. The molecule has 0 bridgehead atoms. The molecule has 37 heavy (non-hydrogen) atoms. The second-order valence-corrected chi connectivity index (χ2v) is 9.56. The lowest BCUT2D eigenvalue weighted by atomic mass is 10.0. The van der Waals surface area contributed by atoms with Crippen LogP contribution in [0.5, 0.6) is 5.75 Å². The molecule has 2 N–H and O–H groups in total. The van der Waals surface area contributed by atoms with E-state index in [2.05, 4.69) is 0 Å². The van der Waals surface area contributed by atoms with Crippen molar-refractivity contribution in [1.29, 1.82) is 0 Å². The summed E-state index contributed by atoms with van der Waals surface area (Å²) in [7, 11) is 0. The number of aromatic hydroxyl groups is 1. The third kappa shape index (κ3) is 3.98. The summed E-state index contributed by atoms with van der Waals surface area (Å²) < 4.78 is 22.4. The molecule has 2 aliphatic heterocycles. The van der Waals surface area contributed by atoms with E-state index < -0.39 is 23.2 Å². The lowest BCUT2D eigenvalue weighted by Gasteiger charge is -2.38. The molecule has 3 aromatic rings. The van der Waals surface area contributed by atoms with Crippen molar-refractivity contribution >= 4 is 34.1 Å². The number of aromatic carboxylic acids is 1. The van der Waals surface area contributed by atoms with Crippen molar-refractivity contribution in [2.24, 2.45) is 0 Å². The summed E-state index contributed by atoms with van der Waals surface area (Å²) in [4.78, 5) is 40.7. The van der Waals surface area contributed by atoms with E-state index in [1.54, 1.807) is 22.8 Å². The number of phenolic OH excluding ortho intramolecular Hbond substituents is 1. The minimum atomic E-state index is -1.32. The average molecular weight is 506 g/mol. The number of carboxylic acid groups (broad SMARTS) is 1. The van der Waals surface area contributed by atoms with Crippen LogP contribution in [0.4, 0.5) is 10.1 Å². The Hall–Kier alpha value is -4.34. The SMILES string of the molecule is O=C1OCC(N2CCN(c3cc4c(cc3F)c(=O)c(C(=O)O)cn4C3CC3)CC2)=C1c1cccc(O)c1. The Morgan fingerprint density at radius 1 is 1.03 bits per heavy atom. The number of carbonyl (C=O) groups is 2. The van der Waals surface area contributed by atoms with Gasteiger partial charge < -0.3 is 29.3 Å². The van der Waals surface area contributed by atoms with Gasteiger partial charge in [-0.1, -0.05) is 12.1 Å². The van der Waals surface area contributed by atoms with Gasteiger partial charge in [0.2, 0.25) is 5.43 Å². The molecule has 0 atom stereocenters. The predicted molar refractivity (Wildman–Crippen MR) is 133 cm³/mol. The molecule has 0 amide bonds. The first-order valence-corrected chi connectivity index (χ1v) is 12.1. The molecular weight excluding hydrogens is 481 g/mol. The molecule has 0 spiro atoms. The molecule has 3 aliphatic rings. The van der Waals surface area contributed by atoms with Crippen LogP contribution < -0.4 is 10.3 Å². The molecule has 0 radical (unpaired) electrons. The van der Waals surface area contributed by atoms with Crippen molar-refractivity contribution in [3.8, 4) is 5.75 Å². The number of cyclic esters (lactones) is 1. The van der Waals surface area contributed by atoms with Gasteiger partial charge in [-0.3, -0.25) is 4.79 Å². The molecule has 0 unspecified atom stereocenters. The highest BCUT2D eigenvalue weighted by Crippen LogP contribution is 2.38. The number of carboxylic acids is 1. The smallest absolute Gasteiger partial charge is 0.341 e. The maximum Gasteiger partial charge on any atom is 0.341 e. The van der Waals surface area contributed by atoms with E-state index >= 15 is 4.39 Å². The molecular formula is C27H24FN3O6. The van der Waals surface area contributed by atoms with E-state index in [1.807, 2.05) is 9.80 Å². The van der Waals surface area contributed by atoms with Crippen LogP contribution >= 0.6 is 0 Å². The van der Waals surface area contributed by atoms with Gasteiger partial charge in [0.05, 0.1) is 22.5 Å². The van der Waals surface area contributed by atoms with E-state index in [9.17, 15) is 24.6 Å². The standard InChI is InChI=1S/C27H24FN3O6/c28-20-11-18-21(31(16-4-5-16)13-19(25(18)33)26(34)35)12-22(20)29-6-8-30(9-7-29)23-14-37-27(36)24(23)15-2-1-3-17(32)10-15/h1-3,10-13,16,32H,4-9,14H2,(H,34,35). The van der Waals surface area contributed by atoms with Gasteiger partial charge in [0.25, 0.3) is 0 Å². The fraction of sp³-hybridized carbons (Fsp3) is 0.296. The van der Waals surface area contributed by atoms with Gasteiger partial charge in [-0.05, 0) is 42.7 Å². The third-order valence-electron chi connectivity index (χ3n) is 7.24. The van der Waals surface area contributed by atoms with E-state index in [4.69, 9.17) is 4.74 Å². The summed E-state index contributed by atoms with van der Waals surface area (Å²) in [6, 6.07) is 9.37. The van der Waals surface area contributed by atoms with Crippen molar-refractivity contribution in [3.63, 3.8) is 0 Å². The second kappa shape index (κ2) is 8.65. The number of ether oxygens (including phenoxy) is 1. The highest BCUT2D eigenvalue weighted by atomic mass is 19.1. The first-order chi connectivity index (χ1) is 17.8. The Kier molecular flexibility index (Phi) is 5.40. The average Bonchev–Trinajstić information content (AvgIpc) is 3.65. The van der Waals surface area contributed by atoms with Crippen LogP contribution in [0, 0.1) is 5.82 Å². The van der Waals surface area contributed by atoms with Gasteiger partial charge in [-0.25, -0.2) is 14.0 Å². The van der Waals surface area contributed by atoms with Crippen LogP contribution in [0.15, 0.2) is 53.1 Å². The lowest BCUT2D eigenvalue weighted by molar-refractivity contribution is -0.134. The summed E-state index contributed by atoms with van der Waals surface area (Å²) in [6.07, 6.45) is 3.12. The highest BCUT2D eigenvalue weighted by Gasteiger charge is 2.33. The van der Waals surface area contributed by atoms with Crippen LogP contribution in [0.3, 0.4) is 0 Å². The summed E-state index contributed by atoms with van der Waals surface area (Å²) in [6.45, 7) is 2.09. The zero-order valence-corrected chi connectivity index (χ0v) is 19.8. The van der Waals surface area contributed by atoms with Gasteiger partial charge >= 0.3 is 11.9 Å². The molecule has 1 aromatic heterocycles. The number of pyridine rings is 1. The fourth-order valence-corrected chi connectivity index (χ4v) is 5.22. The first kappa shape index (κ1) is 23.1. The van der Waals surface area contributed by atoms with Crippen LogP contribution in [-0.4, -0.2) is 64.4 Å². The monoisotopic (exact) mass is 505 g/mol. The predicted octanol–water partition coefficient (Wildman–Crippen LogP) is 2.97. The molecule has 10 heteroatoms. The number of phenols is 1. The Morgan fingerprint density at radius 2 is 1.76 bits per heavy atom. The Bertz CT molecular complexity index is 1550. The van der Waals surface area contributed by atoms with Gasteiger partial charge in [0.15, 0.2) is 0 Å². The van der Waals surface area contributed by atoms with Crippen LogP contribution in [0.1, 0.15) is 34.8 Å². The Morgan fingerprint density at radius 3 is 2.43 bits per heavy atom. The first-order valence-electron chi connectivity index (χ1n) is 12.1. The van der Waals surface area contributed by atoms with Gasteiger partial charge in [0.1, 0.15) is 23.7 Å². The number of rotatable bonds is 5. The van der Waals surface area contributed by atoms with Crippen molar-refractivity contribution < 1.29 is 28.9 Å². The maximum atomic E-state index is 15.3. The number of fused-ring (bicyclic) bond motifs is 1. The molecule has 6 rings (SSSR count). The van der Waals surface area contributed by atoms with Gasteiger partial charge in [-0.15, -0.1) is 0 Å². The van der Waals surface area contributed by atoms with E-state index in [-0.39, 0.29) is 29.3 Å². The quantitative estimate of drug-likeness (QED) is 0.509. The summed E-state index contributed by atoms with van der Waals surface area (Å²) in [5.74, 6) is -2.29. The summed E-state index contributed by atoms with van der Waals surface area (Å²) in [5, 5.41) is 19.4. The van der Waals surface area contributed by atoms with E-state index in [0.29, 0.717) is 48.5 Å². The topological polar surface area (TPSA) is 112 Å². The normalized spacial score (nSPS) is 18.0. The molecule has 3 heterocycles. The lowest BCUT2D eigenvalue weighted by Crippen LogP contribution is -2.46. The minimum Gasteiger partial charge on any atom is -0.508 e. The van der Waals surface area contributed by atoms with Gasteiger partial charge in [0, 0.05) is 43.8 Å². The number of nitrogens with zero attached hydrogens (tertiary/aromatic N) is 3. The number of aromatic nitrogens is 1. The number of benzene rings is 2. The Labute approximate surface area is 210 Å². The number of esters is 1. The van der Waals surface area contributed by atoms with Crippen LogP contribution in [0.2, 0.25) is 0 Å². The molecule has 1 saturated heterocycles. The highest BCUT2D eigenvalue weighted by molar-refractivity contribution is 6.19. The molecule has 9 nitrogen and oxygen atoms in total. The number of carbonyl (C=O) groups excluding carboxylic acids is 1. The summed E-state index contributed by atoms with van der Waals surface area (Å²) in [5.41, 5.74) is 1.57. The number of piperazine rings is 1. The van der Waals surface area contributed by atoms with E-state index in [1.165, 1.54) is 18.3 Å². The number of anilines is 1. The zero-order valence-electron chi connectivity index (χ0n) is 19.8. The maximum absolute atomic E-state index is 15.3.